The first kappa shape index (κ1) is 23.3. The molecule has 1 atom stereocenters. The lowest BCUT2D eigenvalue weighted by Crippen LogP contribution is -2.50. The second-order valence-electron chi connectivity index (χ2n) is 8.23. The van der Waals surface area contributed by atoms with Crippen molar-refractivity contribution in [2.45, 2.75) is 51.8 Å². The molecule has 31 heavy (non-hydrogen) atoms. The summed E-state index contributed by atoms with van der Waals surface area (Å²) in [5, 5.41) is 17.3. The summed E-state index contributed by atoms with van der Waals surface area (Å²) in [5.41, 5.74) is 2.77. The van der Waals surface area contributed by atoms with Gasteiger partial charge in [0.15, 0.2) is 5.96 Å². The van der Waals surface area contributed by atoms with E-state index in [0.717, 1.165) is 44.9 Å². The second-order valence-corrected chi connectivity index (χ2v) is 8.23. The molecule has 3 rings (SSSR count). The number of piperidine rings is 1. The van der Waals surface area contributed by atoms with Crippen LogP contribution in [0.3, 0.4) is 0 Å². The summed E-state index contributed by atoms with van der Waals surface area (Å²) < 4.78 is 5.08. The standard InChI is InChI=1S/C23H37N5O3/c1-3-24-22(26-20-10-13-28(14-11-20)23(30)31-4-2)25-15-21(29)17-27-12-9-18-7-5-6-8-19(18)16-27/h5-8,20-21,29H,3-4,9-17H2,1-2H3,(H2,24,25,26). The van der Waals surface area contributed by atoms with Crippen molar-refractivity contribution in [2.75, 3.05) is 45.9 Å². The van der Waals surface area contributed by atoms with E-state index in [-0.39, 0.29) is 12.1 Å². The lowest BCUT2D eigenvalue weighted by molar-refractivity contribution is 0.0962. The fourth-order valence-corrected chi connectivity index (χ4v) is 4.20. The Morgan fingerprint density at radius 1 is 1.23 bits per heavy atom. The monoisotopic (exact) mass is 431 g/mol. The molecule has 1 aromatic rings. The predicted octanol–water partition coefficient (Wildman–Crippen LogP) is 1.58. The number of aliphatic hydroxyl groups is 1. The van der Waals surface area contributed by atoms with Crippen molar-refractivity contribution in [1.82, 2.24) is 20.4 Å². The average molecular weight is 432 g/mol. The Morgan fingerprint density at radius 2 is 1.97 bits per heavy atom. The Labute approximate surface area is 185 Å². The van der Waals surface area contributed by atoms with Gasteiger partial charge in [-0.3, -0.25) is 9.89 Å². The normalized spacial score (nSPS) is 18.9. The largest absolute Gasteiger partial charge is 0.450 e. The van der Waals surface area contributed by atoms with E-state index in [0.29, 0.717) is 32.8 Å². The number of likely N-dealkylation sites (tertiary alicyclic amines) is 1. The number of aliphatic hydroxyl groups excluding tert-OH is 1. The molecule has 1 saturated heterocycles. The van der Waals surface area contributed by atoms with Crippen LogP contribution >= 0.6 is 0 Å². The van der Waals surface area contributed by atoms with E-state index in [4.69, 9.17) is 4.74 Å². The minimum atomic E-state index is -0.508. The number of benzene rings is 1. The summed E-state index contributed by atoms with van der Waals surface area (Å²) in [6, 6.07) is 8.79. The molecule has 1 fully saturated rings. The highest BCUT2D eigenvalue weighted by Crippen LogP contribution is 2.18. The fraction of sp³-hybridized carbons (Fsp3) is 0.652. The zero-order valence-corrected chi connectivity index (χ0v) is 18.8. The summed E-state index contributed by atoms with van der Waals surface area (Å²) in [6.45, 7) is 9.19. The second kappa shape index (κ2) is 11.9. The molecular formula is C23H37N5O3. The number of aliphatic imine (C=N–C) groups is 1. The van der Waals surface area contributed by atoms with Crippen molar-refractivity contribution in [1.29, 1.82) is 0 Å². The lowest BCUT2D eigenvalue weighted by atomic mass is 10.00. The number of nitrogens with zero attached hydrogens (tertiary/aromatic N) is 3. The zero-order chi connectivity index (χ0) is 22.1. The van der Waals surface area contributed by atoms with Crippen LogP contribution in [0.1, 0.15) is 37.8 Å². The number of guanidine groups is 1. The molecule has 2 aliphatic heterocycles. The summed E-state index contributed by atoms with van der Waals surface area (Å²) in [4.78, 5) is 20.5. The molecule has 1 unspecified atom stereocenters. The van der Waals surface area contributed by atoms with Crippen LogP contribution in [-0.4, -0.2) is 85.0 Å². The smallest absolute Gasteiger partial charge is 0.409 e. The number of hydrogen-bond donors (Lipinski definition) is 3. The summed E-state index contributed by atoms with van der Waals surface area (Å²) in [5.74, 6) is 0.722. The van der Waals surface area contributed by atoms with E-state index in [1.54, 1.807) is 4.90 Å². The van der Waals surface area contributed by atoms with E-state index in [9.17, 15) is 9.90 Å². The number of β-amino-alcohol motifs (C(OH)–C–C–N with tert-alkyl or cyclic N) is 1. The number of carbonyl (C=O) groups excluding carboxylic acids is 1. The van der Waals surface area contributed by atoms with Gasteiger partial charge in [-0.05, 0) is 44.2 Å². The number of nitrogens with one attached hydrogen (secondary N) is 2. The van der Waals surface area contributed by atoms with Crippen molar-refractivity contribution in [3.05, 3.63) is 35.4 Å². The average Bonchev–Trinajstić information content (AvgIpc) is 2.78. The maximum atomic E-state index is 11.9. The van der Waals surface area contributed by atoms with E-state index < -0.39 is 6.10 Å². The van der Waals surface area contributed by atoms with Gasteiger partial charge in [0, 0.05) is 45.3 Å². The van der Waals surface area contributed by atoms with Crippen LogP contribution < -0.4 is 10.6 Å². The van der Waals surface area contributed by atoms with Crippen LogP contribution in [-0.2, 0) is 17.7 Å². The Balaban J connectivity index is 1.44. The third-order valence-corrected chi connectivity index (χ3v) is 5.84. The fourth-order valence-electron chi connectivity index (χ4n) is 4.20. The van der Waals surface area contributed by atoms with Crippen molar-refractivity contribution in [3.8, 4) is 0 Å². The number of rotatable bonds is 7. The molecule has 0 bridgehead atoms. The zero-order valence-electron chi connectivity index (χ0n) is 18.8. The molecule has 2 aliphatic rings. The Bertz CT molecular complexity index is 734. The number of carbonyl (C=O) groups is 1. The van der Waals surface area contributed by atoms with Crippen LogP contribution in [0.15, 0.2) is 29.3 Å². The summed E-state index contributed by atoms with van der Waals surface area (Å²) in [7, 11) is 0. The number of fused-ring (bicyclic) bond motifs is 1. The molecule has 0 spiro atoms. The first-order valence-electron chi connectivity index (χ1n) is 11.5. The minimum absolute atomic E-state index is 0.231. The van der Waals surface area contributed by atoms with Crippen molar-refractivity contribution >= 4 is 12.1 Å². The van der Waals surface area contributed by atoms with E-state index >= 15 is 0 Å². The lowest BCUT2D eigenvalue weighted by Gasteiger charge is -2.32. The molecule has 172 valence electrons. The number of amides is 1. The van der Waals surface area contributed by atoms with Crippen molar-refractivity contribution in [2.24, 2.45) is 4.99 Å². The molecule has 1 aromatic carbocycles. The van der Waals surface area contributed by atoms with Gasteiger partial charge in [0.25, 0.3) is 0 Å². The third kappa shape index (κ3) is 7.11. The topological polar surface area (TPSA) is 89.4 Å². The minimum Gasteiger partial charge on any atom is -0.450 e. The van der Waals surface area contributed by atoms with E-state index in [2.05, 4.69) is 44.8 Å². The van der Waals surface area contributed by atoms with Gasteiger partial charge in [-0.2, -0.15) is 0 Å². The van der Waals surface area contributed by atoms with Gasteiger partial charge in [-0.15, -0.1) is 0 Å². The molecule has 0 radical (unpaired) electrons. The van der Waals surface area contributed by atoms with Crippen LogP contribution in [0.5, 0.6) is 0 Å². The van der Waals surface area contributed by atoms with Crippen LogP contribution in [0, 0.1) is 0 Å². The Morgan fingerprint density at radius 3 is 2.68 bits per heavy atom. The first-order valence-corrected chi connectivity index (χ1v) is 11.5. The molecule has 2 heterocycles. The van der Waals surface area contributed by atoms with E-state index in [1.807, 2.05) is 13.8 Å². The molecule has 3 N–H and O–H groups in total. The van der Waals surface area contributed by atoms with Crippen LogP contribution in [0.4, 0.5) is 4.79 Å². The predicted molar refractivity (Wildman–Crippen MR) is 122 cm³/mol. The Kier molecular flexibility index (Phi) is 8.97. The molecule has 0 aliphatic carbocycles. The SMILES string of the molecule is CCNC(=NCC(O)CN1CCc2ccccc2C1)NC1CCN(C(=O)OCC)CC1. The van der Waals surface area contributed by atoms with Gasteiger partial charge in [0.1, 0.15) is 0 Å². The number of ether oxygens (including phenoxy) is 1. The number of hydrogen-bond acceptors (Lipinski definition) is 5. The molecule has 1 amide bonds. The highest BCUT2D eigenvalue weighted by molar-refractivity contribution is 5.80. The van der Waals surface area contributed by atoms with Gasteiger partial charge >= 0.3 is 6.09 Å². The first-order chi connectivity index (χ1) is 15.1. The van der Waals surface area contributed by atoms with Gasteiger partial charge in [-0.1, -0.05) is 24.3 Å². The van der Waals surface area contributed by atoms with Gasteiger partial charge in [0.2, 0.25) is 0 Å². The van der Waals surface area contributed by atoms with Crippen molar-refractivity contribution < 1.29 is 14.6 Å². The molecule has 0 aromatic heterocycles. The summed E-state index contributed by atoms with van der Waals surface area (Å²) >= 11 is 0. The van der Waals surface area contributed by atoms with Gasteiger partial charge < -0.3 is 25.4 Å². The Hall–Kier alpha value is -2.32. The van der Waals surface area contributed by atoms with Crippen molar-refractivity contribution in [3.63, 3.8) is 0 Å². The van der Waals surface area contributed by atoms with E-state index in [1.165, 1.54) is 11.1 Å². The molecule has 0 saturated carbocycles. The maximum Gasteiger partial charge on any atom is 0.409 e. The van der Waals surface area contributed by atoms with Crippen LogP contribution in [0.2, 0.25) is 0 Å². The third-order valence-electron chi connectivity index (χ3n) is 5.84. The quantitative estimate of drug-likeness (QED) is 0.449. The van der Waals surface area contributed by atoms with Gasteiger partial charge in [0.05, 0.1) is 19.3 Å². The van der Waals surface area contributed by atoms with Crippen LogP contribution in [0.25, 0.3) is 0 Å². The highest BCUT2D eigenvalue weighted by Gasteiger charge is 2.24. The molecule has 8 nitrogen and oxygen atoms in total. The van der Waals surface area contributed by atoms with Gasteiger partial charge in [-0.25, -0.2) is 4.79 Å². The molecular weight excluding hydrogens is 394 g/mol. The molecule has 8 heteroatoms. The summed E-state index contributed by atoms with van der Waals surface area (Å²) in [6.07, 6.45) is 1.98. The highest BCUT2D eigenvalue weighted by atomic mass is 16.6. The maximum absolute atomic E-state index is 11.9.